The Balaban J connectivity index is 2.95. The molecule has 1 N–H and O–H groups in total. The molecular weight excluding hydrogens is 309 g/mol. The van der Waals surface area contributed by atoms with E-state index in [0.29, 0.717) is 10.7 Å². The molecule has 0 saturated heterocycles. The fraction of sp³-hybridized carbons (Fsp3) is 0.385. The molecule has 1 atom stereocenters. The second-order valence-electron chi connectivity index (χ2n) is 4.07. The number of nitrogens with one attached hydrogen (secondary N) is 1. The monoisotopic (exact) mass is 322 g/mol. The summed E-state index contributed by atoms with van der Waals surface area (Å²) >= 11 is 5.84. The molecule has 0 aliphatic rings. The average molecular weight is 323 g/mol. The van der Waals surface area contributed by atoms with Gasteiger partial charge in [0.2, 0.25) is 0 Å². The number of ether oxygens (including phenoxy) is 1. The van der Waals surface area contributed by atoms with Gasteiger partial charge in [-0.05, 0) is 26.0 Å². The van der Waals surface area contributed by atoms with E-state index in [4.69, 9.17) is 11.6 Å². The Morgan fingerprint density at radius 1 is 1.43 bits per heavy atom. The largest absolute Gasteiger partial charge is 0.465 e. The molecule has 0 aliphatic heterocycles. The van der Waals surface area contributed by atoms with Crippen LogP contribution in [-0.4, -0.2) is 24.5 Å². The van der Waals surface area contributed by atoms with Crippen molar-refractivity contribution in [2.24, 2.45) is 11.0 Å². The Hall–Kier alpha value is -1.76. The van der Waals surface area contributed by atoms with Crippen molar-refractivity contribution in [3.63, 3.8) is 0 Å². The van der Waals surface area contributed by atoms with Gasteiger partial charge in [-0.25, -0.2) is 0 Å². The summed E-state index contributed by atoms with van der Waals surface area (Å²) in [4.78, 5) is 11.4. The third-order valence-electron chi connectivity index (χ3n) is 2.49. The Bertz CT molecular complexity index is 532. The van der Waals surface area contributed by atoms with Crippen molar-refractivity contribution in [1.82, 2.24) is 0 Å². The van der Waals surface area contributed by atoms with Gasteiger partial charge < -0.3 is 4.74 Å². The van der Waals surface area contributed by atoms with Crippen molar-refractivity contribution < 1.29 is 22.7 Å². The van der Waals surface area contributed by atoms with E-state index >= 15 is 0 Å². The van der Waals surface area contributed by atoms with Crippen LogP contribution < -0.4 is 5.43 Å². The number of hydrogen-bond donors (Lipinski definition) is 1. The van der Waals surface area contributed by atoms with E-state index in [2.05, 4.69) is 15.3 Å². The predicted molar refractivity (Wildman–Crippen MR) is 74.4 cm³/mol. The summed E-state index contributed by atoms with van der Waals surface area (Å²) in [5.74, 6) is -3.79. The number of rotatable bonds is 5. The van der Waals surface area contributed by atoms with E-state index in [9.17, 15) is 18.0 Å². The minimum absolute atomic E-state index is 0.142. The van der Waals surface area contributed by atoms with Crippen molar-refractivity contribution in [2.75, 3.05) is 12.0 Å². The summed E-state index contributed by atoms with van der Waals surface area (Å²) in [6, 6.07) is 6.42. The molecule has 1 aromatic carbocycles. The number of benzene rings is 1. The van der Waals surface area contributed by atoms with Crippen LogP contribution in [0.2, 0.25) is 5.02 Å². The quantitative estimate of drug-likeness (QED) is 0.508. The van der Waals surface area contributed by atoms with E-state index < -0.39 is 23.8 Å². The first kappa shape index (κ1) is 17.3. The van der Waals surface area contributed by atoms with Crippen LogP contribution in [-0.2, 0) is 9.53 Å². The van der Waals surface area contributed by atoms with E-state index in [1.807, 2.05) is 0 Å². The minimum Gasteiger partial charge on any atom is -0.465 e. The Labute approximate surface area is 124 Å². The van der Waals surface area contributed by atoms with Crippen LogP contribution in [0.5, 0.6) is 0 Å². The van der Waals surface area contributed by atoms with Crippen LogP contribution in [0.15, 0.2) is 29.4 Å². The lowest BCUT2D eigenvalue weighted by atomic mass is 10.0. The highest BCUT2D eigenvalue weighted by atomic mass is 35.5. The lowest BCUT2D eigenvalue weighted by Crippen LogP contribution is -2.38. The van der Waals surface area contributed by atoms with Gasteiger partial charge in [0.05, 0.1) is 23.0 Å². The number of halogens is 4. The lowest BCUT2D eigenvalue weighted by molar-refractivity contribution is -0.184. The minimum atomic E-state index is -4.78. The predicted octanol–water partition coefficient (Wildman–Crippen LogP) is 3.87. The molecule has 21 heavy (non-hydrogen) atoms. The highest BCUT2D eigenvalue weighted by molar-refractivity contribution is 6.33. The average Bonchev–Trinajstić information content (AvgIpc) is 2.36. The van der Waals surface area contributed by atoms with Crippen LogP contribution in [0.4, 0.5) is 18.9 Å². The maximum Gasteiger partial charge on any atom is 0.407 e. The summed E-state index contributed by atoms with van der Waals surface area (Å²) in [5, 5.41) is 3.89. The number of esters is 1. The van der Waals surface area contributed by atoms with Gasteiger partial charge in [0.15, 0.2) is 5.92 Å². The van der Waals surface area contributed by atoms with Crippen molar-refractivity contribution in [3.05, 3.63) is 29.3 Å². The zero-order valence-electron chi connectivity index (χ0n) is 11.4. The van der Waals surface area contributed by atoms with Crippen molar-refractivity contribution >= 4 is 29.0 Å². The molecule has 1 unspecified atom stereocenters. The maximum absolute atomic E-state index is 12.9. The SMILES string of the molecule is CCOC(=O)C(C(C)=NNc1ccccc1Cl)C(F)(F)F. The molecule has 0 bridgehead atoms. The van der Waals surface area contributed by atoms with Crippen LogP contribution >= 0.6 is 11.6 Å². The molecule has 0 saturated carbocycles. The van der Waals surface area contributed by atoms with Gasteiger partial charge in [-0.2, -0.15) is 18.3 Å². The zero-order chi connectivity index (χ0) is 16.0. The van der Waals surface area contributed by atoms with Crippen LogP contribution in [0, 0.1) is 5.92 Å². The number of hydrogen-bond acceptors (Lipinski definition) is 4. The normalized spacial score (nSPS) is 13.7. The molecule has 0 fully saturated rings. The molecule has 0 amide bonds. The molecule has 116 valence electrons. The number of carbonyl (C=O) groups excluding carboxylic acids is 1. The fourth-order valence-electron chi connectivity index (χ4n) is 1.53. The van der Waals surface area contributed by atoms with Gasteiger partial charge in [0.25, 0.3) is 0 Å². The number of hydrazone groups is 1. The van der Waals surface area contributed by atoms with Crippen molar-refractivity contribution in [1.29, 1.82) is 0 Å². The van der Waals surface area contributed by atoms with Crippen LogP contribution in [0.1, 0.15) is 13.8 Å². The molecule has 0 spiro atoms. The Morgan fingerprint density at radius 2 is 2.05 bits per heavy atom. The fourth-order valence-corrected chi connectivity index (χ4v) is 1.71. The molecule has 0 radical (unpaired) electrons. The summed E-state index contributed by atoms with van der Waals surface area (Å²) in [5.41, 5.74) is 2.29. The maximum atomic E-state index is 12.9. The summed E-state index contributed by atoms with van der Waals surface area (Å²) < 4.78 is 43.2. The third-order valence-corrected chi connectivity index (χ3v) is 2.82. The lowest BCUT2D eigenvalue weighted by Gasteiger charge is -2.18. The standard InChI is InChI=1S/C13H14ClF3N2O2/c1-3-21-12(20)11(13(15,16)17)8(2)18-19-10-7-5-4-6-9(10)14/h4-7,11,19H,3H2,1-2H3. The van der Waals surface area contributed by atoms with Gasteiger partial charge in [-0.1, -0.05) is 23.7 Å². The number of anilines is 1. The Kier molecular flexibility index (Phi) is 6.02. The van der Waals surface area contributed by atoms with Gasteiger partial charge in [0, 0.05) is 0 Å². The number of alkyl halides is 3. The first-order valence-corrected chi connectivity index (χ1v) is 6.43. The molecular formula is C13H14ClF3N2O2. The molecule has 0 aromatic heterocycles. The topological polar surface area (TPSA) is 50.7 Å². The molecule has 0 heterocycles. The van der Waals surface area contributed by atoms with Gasteiger partial charge in [-0.3, -0.25) is 10.2 Å². The number of nitrogens with zero attached hydrogens (tertiary/aromatic N) is 1. The van der Waals surface area contributed by atoms with E-state index in [1.165, 1.54) is 6.92 Å². The number of para-hydroxylation sites is 1. The zero-order valence-corrected chi connectivity index (χ0v) is 12.1. The van der Waals surface area contributed by atoms with E-state index in [-0.39, 0.29) is 6.61 Å². The van der Waals surface area contributed by atoms with Gasteiger partial charge in [-0.15, -0.1) is 0 Å². The van der Waals surface area contributed by atoms with Gasteiger partial charge in [0.1, 0.15) is 0 Å². The second-order valence-corrected chi connectivity index (χ2v) is 4.48. The first-order valence-electron chi connectivity index (χ1n) is 6.05. The van der Waals surface area contributed by atoms with Crippen molar-refractivity contribution in [2.45, 2.75) is 20.0 Å². The first-order chi connectivity index (χ1) is 9.77. The molecule has 8 heteroatoms. The van der Waals surface area contributed by atoms with Crippen molar-refractivity contribution in [3.8, 4) is 0 Å². The van der Waals surface area contributed by atoms with Gasteiger partial charge >= 0.3 is 12.1 Å². The van der Waals surface area contributed by atoms with Crippen LogP contribution in [0.3, 0.4) is 0 Å². The third kappa shape index (κ3) is 4.93. The number of carbonyl (C=O) groups is 1. The smallest absolute Gasteiger partial charge is 0.407 e. The summed E-state index contributed by atoms with van der Waals surface area (Å²) in [7, 11) is 0. The Morgan fingerprint density at radius 3 is 2.57 bits per heavy atom. The second kappa shape index (κ2) is 7.31. The molecule has 4 nitrogen and oxygen atoms in total. The molecule has 1 aromatic rings. The summed E-state index contributed by atoms with van der Waals surface area (Å²) in [6.07, 6.45) is -4.78. The van der Waals surface area contributed by atoms with Crippen LogP contribution in [0.25, 0.3) is 0 Å². The summed E-state index contributed by atoms with van der Waals surface area (Å²) in [6.45, 7) is 2.38. The van der Waals surface area contributed by atoms with E-state index in [0.717, 1.165) is 6.92 Å². The molecule has 1 rings (SSSR count). The highest BCUT2D eigenvalue weighted by Gasteiger charge is 2.48. The molecule has 0 aliphatic carbocycles. The van der Waals surface area contributed by atoms with E-state index in [1.54, 1.807) is 24.3 Å². The highest BCUT2D eigenvalue weighted by Crippen LogP contribution is 2.29.